The number of nitrogens with zero attached hydrogens (tertiary/aromatic N) is 2. The minimum absolute atomic E-state index is 0.0412. The Labute approximate surface area is 371 Å². The van der Waals surface area contributed by atoms with E-state index in [2.05, 4.69) is 257 Å². The van der Waals surface area contributed by atoms with Gasteiger partial charge in [0.1, 0.15) is 0 Å². The summed E-state index contributed by atoms with van der Waals surface area (Å²) in [5.74, 6) is 0. The van der Waals surface area contributed by atoms with E-state index in [1.54, 1.807) is 0 Å². The van der Waals surface area contributed by atoms with Crippen LogP contribution in [-0.2, 0) is 21.7 Å². The van der Waals surface area contributed by atoms with Crippen LogP contribution in [0.5, 0.6) is 0 Å². The lowest BCUT2D eigenvalue weighted by Crippen LogP contribution is -2.20. The van der Waals surface area contributed by atoms with Gasteiger partial charge in [0.2, 0.25) is 0 Å². The van der Waals surface area contributed by atoms with Gasteiger partial charge in [-0.1, -0.05) is 191 Å². The van der Waals surface area contributed by atoms with E-state index >= 15 is 0 Å². The Morgan fingerprint density at radius 3 is 1.23 bits per heavy atom. The molecule has 0 unspecified atom stereocenters. The number of anilines is 6. The highest BCUT2D eigenvalue weighted by Gasteiger charge is 2.30. The van der Waals surface area contributed by atoms with E-state index in [9.17, 15) is 0 Å². The third kappa shape index (κ3) is 9.21. The van der Waals surface area contributed by atoms with Gasteiger partial charge in [-0.2, -0.15) is 0 Å². The zero-order chi connectivity index (χ0) is 43.9. The molecule has 0 aromatic heterocycles. The summed E-state index contributed by atoms with van der Waals surface area (Å²) in [6.45, 7) is 27.3. The van der Waals surface area contributed by atoms with Crippen molar-refractivity contribution in [2.75, 3.05) is 9.80 Å². The predicted octanol–water partition coefficient (Wildman–Crippen LogP) is 17.5. The molecule has 0 aliphatic heterocycles. The van der Waals surface area contributed by atoms with Gasteiger partial charge in [0.25, 0.3) is 0 Å². The molecule has 7 aromatic carbocycles. The number of hydrogen-bond acceptors (Lipinski definition) is 2. The molecule has 7 rings (SSSR count). The van der Waals surface area contributed by atoms with Crippen LogP contribution in [0.25, 0.3) is 11.1 Å². The molecule has 0 radical (unpaired) electrons. The van der Waals surface area contributed by atoms with Gasteiger partial charge in [0.05, 0.1) is 22.1 Å². The third-order valence-electron chi connectivity index (χ3n) is 12.1. The molecule has 2 nitrogen and oxygen atoms in total. The standard InChI is InChI=1S/C58H63ClN2/c1-40-34-52(60(47-29-19-26-43(36-47)55(2,3)4)48-30-20-27-44(37-48)56(5,6)7)54(59)53(35-40)61(49-31-21-28-45(38-49)57(8,9)10)51-33-32-46(39-50(51)41-22-15-13-16-23-41)58(11,12)42-24-17-14-18-25-42/h13-39H,1-12H3. The Morgan fingerprint density at radius 1 is 0.361 bits per heavy atom. The molecule has 7 aromatic rings. The largest absolute Gasteiger partial charge is 0.309 e. The van der Waals surface area contributed by atoms with Gasteiger partial charge in [-0.25, -0.2) is 0 Å². The van der Waals surface area contributed by atoms with Crippen LogP contribution in [0.2, 0.25) is 5.02 Å². The lowest BCUT2D eigenvalue weighted by atomic mass is 9.77. The molecule has 0 saturated heterocycles. The minimum atomic E-state index is -0.238. The zero-order valence-corrected chi connectivity index (χ0v) is 39.1. The topological polar surface area (TPSA) is 6.48 Å². The molecule has 0 fully saturated rings. The first-order valence-corrected chi connectivity index (χ1v) is 22.1. The fourth-order valence-electron chi connectivity index (χ4n) is 8.22. The fraction of sp³-hybridized carbons (Fsp3) is 0.276. The summed E-state index contributed by atoms with van der Waals surface area (Å²) in [5, 5.41) is 0.668. The molecule has 0 aliphatic carbocycles. The summed E-state index contributed by atoms with van der Waals surface area (Å²) < 4.78 is 0. The molecular formula is C58H63ClN2. The van der Waals surface area contributed by atoms with Crippen molar-refractivity contribution >= 4 is 45.7 Å². The number of hydrogen-bond donors (Lipinski definition) is 0. The van der Waals surface area contributed by atoms with Crippen molar-refractivity contribution in [3.05, 3.63) is 202 Å². The van der Waals surface area contributed by atoms with Gasteiger partial charge in [0, 0.05) is 28.0 Å². The van der Waals surface area contributed by atoms with Crippen LogP contribution >= 0.6 is 11.6 Å². The minimum Gasteiger partial charge on any atom is -0.309 e. The van der Waals surface area contributed by atoms with Gasteiger partial charge in [-0.3, -0.25) is 0 Å². The van der Waals surface area contributed by atoms with E-state index in [1.165, 1.54) is 27.8 Å². The van der Waals surface area contributed by atoms with Gasteiger partial charge in [0.15, 0.2) is 0 Å². The van der Waals surface area contributed by atoms with E-state index in [0.29, 0.717) is 5.02 Å². The highest BCUT2D eigenvalue weighted by Crippen LogP contribution is 2.51. The van der Waals surface area contributed by atoms with E-state index < -0.39 is 0 Å². The second-order valence-corrected chi connectivity index (χ2v) is 20.7. The maximum Gasteiger partial charge on any atom is 0.0887 e. The third-order valence-corrected chi connectivity index (χ3v) is 12.5. The average Bonchev–Trinajstić information content (AvgIpc) is 3.22. The quantitative estimate of drug-likeness (QED) is 0.143. The molecule has 0 saturated carbocycles. The van der Waals surface area contributed by atoms with Crippen molar-refractivity contribution in [3.63, 3.8) is 0 Å². The second-order valence-electron chi connectivity index (χ2n) is 20.3. The monoisotopic (exact) mass is 822 g/mol. The predicted molar refractivity (Wildman–Crippen MR) is 266 cm³/mol. The Morgan fingerprint density at radius 2 is 0.770 bits per heavy atom. The summed E-state index contributed by atoms with van der Waals surface area (Å²) in [7, 11) is 0. The zero-order valence-electron chi connectivity index (χ0n) is 38.4. The first kappa shape index (κ1) is 43.5. The van der Waals surface area contributed by atoms with Crippen LogP contribution < -0.4 is 9.80 Å². The summed E-state index contributed by atoms with van der Waals surface area (Å²) in [4.78, 5) is 4.75. The van der Waals surface area contributed by atoms with Gasteiger partial charge in [-0.05, 0) is 123 Å². The summed E-state index contributed by atoms with van der Waals surface area (Å²) in [6, 6.07) is 60.0. The summed E-state index contributed by atoms with van der Waals surface area (Å²) in [6.07, 6.45) is 0. The second kappa shape index (κ2) is 16.7. The molecule has 61 heavy (non-hydrogen) atoms. The Kier molecular flexibility index (Phi) is 11.9. The van der Waals surface area contributed by atoms with E-state index in [0.717, 1.165) is 50.8 Å². The molecule has 0 atom stereocenters. The highest BCUT2D eigenvalue weighted by molar-refractivity contribution is 6.37. The normalized spacial score (nSPS) is 12.3. The van der Waals surface area contributed by atoms with Crippen LogP contribution in [0, 0.1) is 6.92 Å². The Hall–Kier alpha value is -5.57. The van der Waals surface area contributed by atoms with Crippen LogP contribution in [0.1, 0.15) is 110 Å². The van der Waals surface area contributed by atoms with Crippen LogP contribution in [0.3, 0.4) is 0 Å². The Balaban J connectivity index is 1.54. The van der Waals surface area contributed by atoms with Gasteiger partial charge >= 0.3 is 0 Å². The van der Waals surface area contributed by atoms with Crippen LogP contribution in [0.15, 0.2) is 164 Å². The van der Waals surface area contributed by atoms with Crippen LogP contribution in [0.4, 0.5) is 34.1 Å². The Bertz CT molecular complexity index is 2580. The number of benzene rings is 7. The first-order chi connectivity index (χ1) is 28.7. The molecule has 0 N–H and O–H groups in total. The number of halogens is 1. The van der Waals surface area contributed by atoms with Crippen molar-refractivity contribution in [3.8, 4) is 11.1 Å². The fourth-order valence-corrected chi connectivity index (χ4v) is 8.49. The lowest BCUT2D eigenvalue weighted by Gasteiger charge is -2.35. The molecule has 0 heterocycles. The lowest BCUT2D eigenvalue weighted by molar-refractivity contribution is 0.590. The van der Waals surface area contributed by atoms with Crippen LogP contribution in [-0.4, -0.2) is 0 Å². The van der Waals surface area contributed by atoms with E-state index in [-0.39, 0.29) is 21.7 Å². The molecule has 0 bridgehead atoms. The molecule has 3 heteroatoms. The molecular weight excluding hydrogens is 760 g/mol. The molecule has 0 amide bonds. The summed E-state index contributed by atoms with van der Waals surface area (Å²) in [5.41, 5.74) is 15.4. The van der Waals surface area contributed by atoms with Gasteiger partial charge in [-0.15, -0.1) is 0 Å². The number of aryl methyl sites for hydroxylation is 1. The molecule has 0 spiro atoms. The summed E-state index contributed by atoms with van der Waals surface area (Å²) >= 11 is 8.06. The maximum atomic E-state index is 8.06. The van der Waals surface area contributed by atoms with E-state index in [1.807, 2.05) is 0 Å². The smallest absolute Gasteiger partial charge is 0.0887 e. The molecule has 0 aliphatic rings. The number of rotatable bonds is 9. The first-order valence-electron chi connectivity index (χ1n) is 21.7. The van der Waals surface area contributed by atoms with Crippen molar-refractivity contribution < 1.29 is 0 Å². The van der Waals surface area contributed by atoms with Crippen molar-refractivity contribution in [1.82, 2.24) is 0 Å². The average molecular weight is 824 g/mol. The van der Waals surface area contributed by atoms with Crippen molar-refractivity contribution in [2.24, 2.45) is 0 Å². The SMILES string of the molecule is Cc1cc(N(c2cccc(C(C)(C)C)c2)c2cccc(C(C)(C)C)c2)c(Cl)c(N(c2cccc(C(C)(C)C)c2)c2ccc(C(C)(C)c3ccccc3)cc2-c2ccccc2)c1. The van der Waals surface area contributed by atoms with E-state index in [4.69, 9.17) is 11.6 Å². The van der Waals surface area contributed by atoms with Crippen molar-refractivity contribution in [2.45, 2.75) is 105 Å². The molecule has 312 valence electrons. The highest BCUT2D eigenvalue weighted by atomic mass is 35.5. The van der Waals surface area contributed by atoms with Crippen molar-refractivity contribution in [1.29, 1.82) is 0 Å². The van der Waals surface area contributed by atoms with Gasteiger partial charge < -0.3 is 9.80 Å². The maximum absolute atomic E-state index is 8.06.